The van der Waals surface area contributed by atoms with Gasteiger partial charge in [0.25, 0.3) is 0 Å². The van der Waals surface area contributed by atoms with E-state index in [0.29, 0.717) is 10.7 Å². The zero-order valence-corrected chi connectivity index (χ0v) is 9.45. The van der Waals surface area contributed by atoms with Crippen molar-refractivity contribution in [1.82, 2.24) is 9.78 Å². The van der Waals surface area contributed by atoms with Crippen LogP contribution in [-0.2, 0) is 0 Å². The third-order valence-electron chi connectivity index (χ3n) is 2.30. The van der Waals surface area contributed by atoms with Gasteiger partial charge in [0.05, 0.1) is 11.2 Å². The number of benzene rings is 1. The standard InChI is InChI=1S/C11H11ClFN3/c1-7(14)8-2-3-11(10(13)4-8)16-6-9(12)5-15-16/h2-7H,14H2,1H3/t7-/m1/s1. The Balaban J connectivity index is 2.44. The van der Waals surface area contributed by atoms with Crippen LogP contribution >= 0.6 is 11.6 Å². The van der Waals surface area contributed by atoms with Crippen LogP contribution in [0.15, 0.2) is 30.6 Å². The van der Waals surface area contributed by atoms with E-state index in [9.17, 15) is 4.39 Å². The zero-order chi connectivity index (χ0) is 11.7. The molecule has 0 amide bonds. The summed E-state index contributed by atoms with van der Waals surface area (Å²) in [5, 5.41) is 4.40. The van der Waals surface area contributed by atoms with E-state index in [1.54, 1.807) is 25.3 Å². The summed E-state index contributed by atoms with van der Waals surface area (Å²) >= 11 is 5.72. The van der Waals surface area contributed by atoms with Crippen LogP contribution in [0.1, 0.15) is 18.5 Å². The van der Waals surface area contributed by atoms with Gasteiger partial charge in [0.2, 0.25) is 0 Å². The summed E-state index contributed by atoms with van der Waals surface area (Å²) in [5.41, 5.74) is 6.77. The molecule has 0 radical (unpaired) electrons. The first-order chi connectivity index (χ1) is 7.58. The summed E-state index contributed by atoms with van der Waals surface area (Å²) in [5.74, 6) is -0.366. The Labute approximate surface area is 97.6 Å². The van der Waals surface area contributed by atoms with Crippen molar-refractivity contribution in [2.24, 2.45) is 5.73 Å². The van der Waals surface area contributed by atoms with Crippen LogP contribution < -0.4 is 5.73 Å². The average molecular weight is 240 g/mol. The molecule has 84 valence electrons. The van der Waals surface area contributed by atoms with E-state index in [0.717, 1.165) is 5.56 Å². The van der Waals surface area contributed by atoms with E-state index >= 15 is 0 Å². The molecule has 1 aromatic carbocycles. The van der Waals surface area contributed by atoms with E-state index in [2.05, 4.69) is 5.10 Å². The van der Waals surface area contributed by atoms with Gasteiger partial charge >= 0.3 is 0 Å². The molecular weight excluding hydrogens is 229 g/mol. The molecule has 0 aliphatic heterocycles. The van der Waals surface area contributed by atoms with Crippen LogP contribution in [0.2, 0.25) is 5.02 Å². The van der Waals surface area contributed by atoms with Gasteiger partial charge in [-0.2, -0.15) is 5.10 Å². The molecule has 5 heteroatoms. The molecule has 2 rings (SSSR count). The Morgan fingerprint density at radius 1 is 1.50 bits per heavy atom. The van der Waals surface area contributed by atoms with Crippen LogP contribution in [0, 0.1) is 5.82 Å². The number of rotatable bonds is 2. The molecule has 0 saturated heterocycles. The van der Waals surface area contributed by atoms with Crippen LogP contribution in [0.25, 0.3) is 5.69 Å². The molecule has 1 heterocycles. The maximum Gasteiger partial charge on any atom is 0.149 e. The van der Waals surface area contributed by atoms with Crippen molar-refractivity contribution in [2.75, 3.05) is 0 Å². The molecule has 0 aliphatic carbocycles. The lowest BCUT2D eigenvalue weighted by Crippen LogP contribution is -2.06. The van der Waals surface area contributed by atoms with E-state index < -0.39 is 0 Å². The Bertz CT molecular complexity index is 508. The first kappa shape index (κ1) is 11.1. The minimum Gasteiger partial charge on any atom is -0.324 e. The fourth-order valence-corrected chi connectivity index (χ4v) is 1.56. The molecule has 0 bridgehead atoms. The third kappa shape index (κ3) is 2.08. The predicted molar refractivity (Wildman–Crippen MR) is 61.1 cm³/mol. The molecule has 2 N–H and O–H groups in total. The van der Waals surface area contributed by atoms with Crippen molar-refractivity contribution < 1.29 is 4.39 Å². The largest absolute Gasteiger partial charge is 0.324 e. The lowest BCUT2D eigenvalue weighted by atomic mass is 10.1. The third-order valence-corrected chi connectivity index (χ3v) is 2.49. The monoisotopic (exact) mass is 239 g/mol. The van der Waals surface area contributed by atoms with Crippen LogP contribution in [0.3, 0.4) is 0 Å². The minimum atomic E-state index is -0.366. The molecule has 3 nitrogen and oxygen atoms in total. The molecule has 0 saturated carbocycles. The van der Waals surface area contributed by atoms with Crippen molar-refractivity contribution in [3.63, 3.8) is 0 Å². The molecule has 0 unspecified atom stereocenters. The fourth-order valence-electron chi connectivity index (χ4n) is 1.42. The Morgan fingerprint density at radius 3 is 2.75 bits per heavy atom. The maximum atomic E-state index is 13.7. The van der Waals surface area contributed by atoms with Crippen LogP contribution in [0.5, 0.6) is 0 Å². The van der Waals surface area contributed by atoms with Gasteiger partial charge in [0.15, 0.2) is 0 Å². The SMILES string of the molecule is C[C@@H](N)c1ccc(-n2cc(Cl)cn2)c(F)c1. The lowest BCUT2D eigenvalue weighted by molar-refractivity contribution is 0.606. The minimum absolute atomic E-state index is 0.190. The summed E-state index contributed by atoms with van der Waals surface area (Å²) < 4.78 is 15.1. The highest BCUT2D eigenvalue weighted by atomic mass is 35.5. The normalized spacial score (nSPS) is 12.8. The van der Waals surface area contributed by atoms with Crippen LogP contribution in [-0.4, -0.2) is 9.78 Å². The Morgan fingerprint density at radius 2 is 2.25 bits per heavy atom. The quantitative estimate of drug-likeness (QED) is 0.876. The summed E-state index contributed by atoms with van der Waals surface area (Å²) in [6.45, 7) is 1.80. The van der Waals surface area contributed by atoms with Crippen molar-refractivity contribution in [1.29, 1.82) is 0 Å². The number of nitrogens with two attached hydrogens (primary N) is 1. The summed E-state index contributed by atoms with van der Waals surface area (Å²) in [4.78, 5) is 0. The van der Waals surface area contributed by atoms with Gasteiger partial charge in [-0.3, -0.25) is 0 Å². The fraction of sp³-hybridized carbons (Fsp3) is 0.182. The molecule has 1 aromatic heterocycles. The van der Waals surface area contributed by atoms with Crippen molar-refractivity contribution in [3.8, 4) is 5.69 Å². The van der Waals surface area contributed by atoms with Crippen LogP contribution in [0.4, 0.5) is 4.39 Å². The molecule has 1 atom stereocenters. The second-order valence-electron chi connectivity index (χ2n) is 3.60. The van der Waals surface area contributed by atoms with Gasteiger partial charge in [0.1, 0.15) is 11.5 Å². The van der Waals surface area contributed by atoms with Gasteiger partial charge < -0.3 is 5.73 Å². The highest BCUT2D eigenvalue weighted by Crippen LogP contribution is 2.19. The molecule has 0 aliphatic rings. The summed E-state index contributed by atoms with van der Waals surface area (Å²) in [6.07, 6.45) is 3.01. The number of hydrogen-bond donors (Lipinski definition) is 1. The van der Waals surface area contributed by atoms with Gasteiger partial charge in [-0.05, 0) is 24.6 Å². The number of hydrogen-bond acceptors (Lipinski definition) is 2. The predicted octanol–water partition coefficient (Wildman–Crippen LogP) is 2.68. The highest BCUT2D eigenvalue weighted by Gasteiger charge is 2.08. The number of aromatic nitrogens is 2. The molecule has 2 aromatic rings. The first-order valence-electron chi connectivity index (χ1n) is 4.83. The maximum absolute atomic E-state index is 13.7. The average Bonchev–Trinajstić information content (AvgIpc) is 2.64. The van der Waals surface area contributed by atoms with E-state index in [4.69, 9.17) is 17.3 Å². The van der Waals surface area contributed by atoms with Gasteiger partial charge in [-0.15, -0.1) is 0 Å². The Hall–Kier alpha value is -1.39. The zero-order valence-electron chi connectivity index (χ0n) is 8.69. The van der Waals surface area contributed by atoms with E-state index in [1.807, 2.05) is 0 Å². The topological polar surface area (TPSA) is 43.8 Å². The van der Waals surface area contributed by atoms with Crippen molar-refractivity contribution in [2.45, 2.75) is 13.0 Å². The second kappa shape index (κ2) is 4.23. The molecule has 0 spiro atoms. The van der Waals surface area contributed by atoms with Crippen molar-refractivity contribution in [3.05, 3.63) is 47.0 Å². The Kier molecular flexibility index (Phi) is 2.94. The number of halogens is 2. The first-order valence-corrected chi connectivity index (χ1v) is 5.21. The summed E-state index contributed by atoms with van der Waals surface area (Å²) in [6, 6.07) is 4.63. The van der Waals surface area contributed by atoms with E-state index in [1.165, 1.54) is 16.9 Å². The molecular formula is C11H11ClFN3. The number of nitrogens with zero attached hydrogens (tertiary/aromatic N) is 2. The highest BCUT2D eigenvalue weighted by molar-refractivity contribution is 6.30. The lowest BCUT2D eigenvalue weighted by Gasteiger charge is -2.08. The second-order valence-corrected chi connectivity index (χ2v) is 4.04. The molecule has 0 fully saturated rings. The smallest absolute Gasteiger partial charge is 0.149 e. The van der Waals surface area contributed by atoms with Crippen molar-refractivity contribution >= 4 is 11.6 Å². The molecule has 16 heavy (non-hydrogen) atoms. The van der Waals surface area contributed by atoms with Gasteiger partial charge in [-0.1, -0.05) is 17.7 Å². The van der Waals surface area contributed by atoms with Gasteiger partial charge in [0, 0.05) is 12.2 Å². The summed E-state index contributed by atoms with van der Waals surface area (Å²) in [7, 11) is 0. The van der Waals surface area contributed by atoms with Gasteiger partial charge in [-0.25, -0.2) is 9.07 Å². The van der Waals surface area contributed by atoms with E-state index in [-0.39, 0.29) is 11.9 Å².